The maximum Gasteiger partial charge on any atom is 0.213 e. The molecule has 0 bridgehead atoms. The van der Waals surface area contributed by atoms with E-state index in [2.05, 4.69) is 44.8 Å². The molecule has 5 nitrogen and oxygen atoms in total. The van der Waals surface area contributed by atoms with E-state index in [9.17, 15) is 0 Å². The number of rotatable bonds is 5. The molecule has 1 saturated heterocycles. The number of ether oxygens (including phenoxy) is 2. The van der Waals surface area contributed by atoms with E-state index in [1.807, 2.05) is 18.2 Å². The topological polar surface area (TPSA) is 37.8 Å². The Morgan fingerprint density at radius 3 is 2.22 bits per heavy atom. The van der Waals surface area contributed by atoms with Crippen LogP contribution in [0.15, 0.2) is 53.2 Å². The smallest absolute Gasteiger partial charge is 0.213 e. The molecule has 6 heteroatoms. The Hall–Kier alpha value is -2.73. The van der Waals surface area contributed by atoms with Gasteiger partial charge in [0.15, 0.2) is 0 Å². The monoisotopic (exact) mass is 381 g/mol. The van der Waals surface area contributed by atoms with Crippen LogP contribution in [-0.4, -0.2) is 45.4 Å². The van der Waals surface area contributed by atoms with E-state index in [0.717, 1.165) is 43.2 Å². The van der Waals surface area contributed by atoms with E-state index in [1.54, 1.807) is 25.6 Å². The molecular formula is C21H23N3O2S. The average Bonchev–Trinajstić information content (AvgIpc) is 3.28. The summed E-state index contributed by atoms with van der Waals surface area (Å²) in [7, 11) is 3.36. The molecule has 4 rings (SSSR count). The molecule has 0 unspecified atom stereocenters. The second-order valence-corrected chi connectivity index (χ2v) is 7.19. The van der Waals surface area contributed by atoms with Crippen LogP contribution in [0.2, 0.25) is 0 Å². The molecule has 0 aliphatic carbocycles. The molecule has 27 heavy (non-hydrogen) atoms. The van der Waals surface area contributed by atoms with Gasteiger partial charge in [-0.15, -0.1) is 0 Å². The minimum Gasteiger partial charge on any atom is -0.497 e. The first-order valence-corrected chi connectivity index (χ1v) is 9.94. The van der Waals surface area contributed by atoms with Crippen LogP contribution in [-0.2, 0) is 0 Å². The fourth-order valence-electron chi connectivity index (χ4n) is 3.41. The van der Waals surface area contributed by atoms with Gasteiger partial charge in [-0.05, 0) is 41.8 Å². The first-order valence-electron chi connectivity index (χ1n) is 9.00. The number of nitrogens with zero attached hydrogens (tertiary/aromatic N) is 3. The number of methoxy groups -OCH3 is 2. The van der Waals surface area contributed by atoms with Gasteiger partial charge >= 0.3 is 0 Å². The minimum absolute atomic E-state index is 0.650. The molecule has 0 radical (unpaired) electrons. The predicted molar refractivity (Wildman–Crippen MR) is 112 cm³/mol. The van der Waals surface area contributed by atoms with Crippen LogP contribution in [0.25, 0.3) is 11.3 Å². The van der Waals surface area contributed by atoms with Crippen LogP contribution >= 0.6 is 11.3 Å². The fourth-order valence-corrected chi connectivity index (χ4v) is 4.05. The van der Waals surface area contributed by atoms with Crippen LogP contribution in [0.4, 0.5) is 11.4 Å². The highest BCUT2D eigenvalue weighted by Gasteiger charge is 2.21. The number of aromatic nitrogens is 1. The lowest BCUT2D eigenvalue weighted by Gasteiger charge is -2.38. The maximum absolute atomic E-state index is 5.34. The van der Waals surface area contributed by atoms with Gasteiger partial charge in [-0.2, -0.15) is 11.3 Å². The molecule has 3 heterocycles. The number of hydrogen-bond acceptors (Lipinski definition) is 6. The molecule has 0 amide bonds. The Morgan fingerprint density at radius 1 is 0.852 bits per heavy atom. The summed E-state index contributed by atoms with van der Waals surface area (Å²) in [6, 6.07) is 14.5. The largest absolute Gasteiger partial charge is 0.497 e. The van der Waals surface area contributed by atoms with Crippen molar-refractivity contribution in [2.75, 3.05) is 50.2 Å². The van der Waals surface area contributed by atoms with E-state index >= 15 is 0 Å². The lowest BCUT2D eigenvalue weighted by molar-refractivity contribution is 0.398. The highest BCUT2D eigenvalue weighted by Crippen LogP contribution is 2.33. The van der Waals surface area contributed by atoms with Crippen LogP contribution in [0.1, 0.15) is 0 Å². The van der Waals surface area contributed by atoms with Crippen molar-refractivity contribution in [1.29, 1.82) is 0 Å². The minimum atomic E-state index is 0.650. The average molecular weight is 382 g/mol. The normalized spacial score (nSPS) is 14.3. The number of piperazine rings is 1. The molecular weight excluding hydrogens is 358 g/mol. The summed E-state index contributed by atoms with van der Waals surface area (Å²) in [6.07, 6.45) is 0. The summed E-state index contributed by atoms with van der Waals surface area (Å²) in [5.41, 5.74) is 4.55. The number of benzene rings is 1. The molecule has 0 spiro atoms. The van der Waals surface area contributed by atoms with Gasteiger partial charge in [0.25, 0.3) is 0 Å². The van der Waals surface area contributed by atoms with Gasteiger partial charge < -0.3 is 19.3 Å². The van der Waals surface area contributed by atoms with E-state index < -0.39 is 0 Å². The molecule has 1 aliphatic heterocycles. The van der Waals surface area contributed by atoms with E-state index in [4.69, 9.17) is 14.5 Å². The number of hydrogen-bond donors (Lipinski definition) is 0. The Morgan fingerprint density at radius 2 is 1.59 bits per heavy atom. The second-order valence-electron chi connectivity index (χ2n) is 6.41. The number of thiophene rings is 1. The van der Waals surface area contributed by atoms with Gasteiger partial charge in [-0.1, -0.05) is 0 Å². The fraction of sp³-hybridized carbons (Fsp3) is 0.286. The van der Waals surface area contributed by atoms with Crippen molar-refractivity contribution in [1.82, 2.24) is 4.98 Å². The Kier molecular flexibility index (Phi) is 5.16. The Labute approximate surface area is 163 Å². The third-order valence-electron chi connectivity index (χ3n) is 4.91. The van der Waals surface area contributed by atoms with Gasteiger partial charge in [0.2, 0.25) is 5.88 Å². The molecule has 0 atom stereocenters. The lowest BCUT2D eigenvalue weighted by Crippen LogP contribution is -2.46. The highest BCUT2D eigenvalue weighted by atomic mass is 32.1. The summed E-state index contributed by atoms with van der Waals surface area (Å²) in [5.74, 6) is 1.54. The van der Waals surface area contributed by atoms with E-state index in [1.165, 1.54) is 11.4 Å². The standard InChI is InChI=1S/C21H23N3O2S/c1-25-18-5-3-17(4-6-18)23-10-12-24(13-11-23)19-7-8-20(26-2)22-21(19)16-9-14-27-15-16/h3-9,14-15H,10-13H2,1-2H3. The maximum atomic E-state index is 5.34. The molecule has 3 aromatic rings. The molecule has 0 N–H and O–H groups in total. The highest BCUT2D eigenvalue weighted by molar-refractivity contribution is 7.08. The molecule has 1 aromatic carbocycles. The lowest BCUT2D eigenvalue weighted by atomic mass is 10.1. The van der Waals surface area contributed by atoms with Crippen LogP contribution < -0.4 is 19.3 Å². The quantitative estimate of drug-likeness (QED) is 0.664. The van der Waals surface area contributed by atoms with Gasteiger partial charge in [-0.25, -0.2) is 4.98 Å². The second kappa shape index (κ2) is 7.88. The summed E-state index contributed by atoms with van der Waals surface area (Å²) >= 11 is 1.69. The summed E-state index contributed by atoms with van der Waals surface area (Å²) < 4.78 is 10.6. The third-order valence-corrected chi connectivity index (χ3v) is 5.59. The van der Waals surface area contributed by atoms with Gasteiger partial charge in [0, 0.05) is 48.9 Å². The molecule has 2 aromatic heterocycles. The van der Waals surface area contributed by atoms with Gasteiger partial charge in [0.1, 0.15) is 5.75 Å². The van der Waals surface area contributed by atoms with Gasteiger partial charge in [0.05, 0.1) is 25.6 Å². The van der Waals surface area contributed by atoms with Crippen LogP contribution in [0, 0.1) is 0 Å². The van der Waals surface area contributed by atoms with Crippen LogP contribution in [0.3, 0.4) is 0 Å². The zero-order chi connectivity index (χ0) is 18.6. The third kappa shape index (κ3) is 3.71. The predicted octanol–water partition coefficient (Wildman–Crippen LogP) is 4.15. The van der Waals surface area contributed by atoms with E-state index in [-0.39, 0.29) is 0 Å². The van der Waals surface area contributed by atoms with Crippen LogP contribution in [0.5, 0.6) is 11.6 Å². The summed E-state index contributed by atoms with van der Waals surface area (Å²) in [6.45, 7) is 3.86. The molecule has 1 aliphatic rings. The molecule has 0 saturated carbocycles. The van der Waals surface area contributed by atoms with Crippen molar-refractivity contribution in [3.63, 3.8) is 0 Å². The van der Waals surface area contributed by atoms with Crippen molar-refractivity contribution < 1.29 is 9.47 Å². The van der Waals surface area contributed by atoms with Crippen molar-refractivity contribution in [3.05, 3.63) is 53.2 Å². The SMILES string of the molecule is COc1ccc(N2CCN(c3ccc(OC)nc3-c3ccsc3)CC2)cc1. The Bertz CT molecular complexity index is 873. The van der Waals surface area contributed by atoms with Crippen molar-refractivity contribution >= 4 is 22.7 Å². The first-order chi connectivity index (χ1) is 13.3. The number of anilines is 2. The van der Waals surface area contributed by atoms with Crippen molar-refractivity contribution in [2.24, 2.45) is 0 Å². The number of pyridine rings is 1. The molecule has 1 fully saturated rings. The Balaban J connectivity index is 1.52. The first kappa shape index (κ1) is 17.7. The van der Waals surface area contributed by atoms with Gasteiger partial charge in [-0.3, -0.25) is 0 Å². The van der Waals surface area contributed by atoms with Crippen molar-refractivity contribution in [2.45, 2.75) is 0 Å². The summed E-state index contributed by atoms with van der Waals surface area (Å²) in [4.78, 5) is 9.55. The molecule has 140 valence electrons. The van der Waals surface area contributed by atoms with E-state index in [0.29, 0.717) is 5.88 Å². The summed E-state index contributed by atoms with van der Waals surface area (Å²) in [5, 5.41) is 4.22. The zero-order valence-electron chi connectivity index (χ0n) is 15.6. The zero-order valence-corrected chi connectivity index (χ0v) is 16.4. The van der Waals surface area contributed by atoms with Crippen molar-refractivity contribution in [3.8, 4) is 22.9 Å².